The summed E-state index contributed by atoms with van der Waals surface area (Å²) in [4.78, 5) is 20.2. The monoisotopic (exact) mass is 259 g/mol. The normalized spacial score (nSPS) is 16.1. The van der Waals surface area contributed by atoms with Gasteiger partial charge in [0.1, 0.15) is 11.8 Å². The summed E-state index contributed by atoms with van der Waals surface area (Å²) in [5.74, 6) is -0.0237. The maximum Gasteiger partial charge on any atom is 0.255 e. The highest BCUT2D eigenvalue weighted by atomic mass is 16.2. The summed E-state index contributed by atoms with van der Waals surface area (Å²) in [6.45, 7) is 4.64. The Bertz CT molecular complexity index is 471. The van der Waals surface area contributed by atoms with Crippen molar-refractivity contribution < 1.29 is 4.79 Å². The number of nitrogens with two attached hydrogens (primary N) is 1. The molecule has 2 N–H and O–H groups in total. The van der Waals surface area contributed by atoms with Crippen LogP contribution in [0.15, 0.2) is 18.3 Å². The van der Waals surface area contributed by atoms with Gasteiger partial charge in [0.25, 0.3) is 5.91 Å². The number of nitrogens with zero attached hydrogens (tertiary/aromatic N) is 4. The van der Waals surface area contributed by atoms with Gasteiger partial charge in [-0.05, 0) is 12.1 Å². The van der Waals surface area contributed by atoms with Crippen molar-refractivity contribution >= 4 is 5.91 Å². The largest absolute Gasteiger partial charge is 0.336 e. The summed E-state index contributed by atoms with van der Waals surface area (Å²) in [5, 5.41) is 8.67. The highest BCUT2D eigenvalue weighted by Crippen LogP contribution is 2.08. The topological polar surface area (TPSA) is 86.2 Å². The van der Waals surface area contributed by atoms with Crippen LogP contribution in [-0.4, -0.2) is 60.0 Å². The minimum absolute atomic E-state index is 0.0237. The molecule has 6 heteroatoms. The summed E-state index contributed by atoms with van der Waals surface area (Å²) in [5.41, 5.74) is 6.37. The zero-order chi connectivity index (χ0) is 13.7. The number of carbonyl (C=O) groups is 1. The number of amides is 1. The van der Waals surface area contributed by atoms with Gasteiger partial charge in [-0.25, -0.2) is 4.98 Å². The van der Waals surface area contributed by atoms with Crippen LogP contribution in [0, 0.1) is 11.3 Å². The van der Waals surface area contributed by atoms with E-state index in [0.29, 0.717) is 30.9 Å². The third-order valence-corrected chi connectivity index (χ3v) is 3.23. The quantitative estimate of drug-likeness (QED) is 0.803. The number of aromatic nitrogens is 1. The summed E-state index contributed by atoms with van der Waals surface area (Å²) < 4.78 is 0. The fourth-order valence-corrected chi connectivity index (χ4v) is 2.13. The van der Waals surface area contributed by atoms with Gasteiger partial charge in [-0.15, -0.1) is 0 Å². The van der Waals surface area contributed by atoms with E-state index in [2.05, 4.69) is 9.88 Å². The van der Waals surface area contributed by atoms with Gasteiger partial charge < -0.3 is 10.6 Å². The predicted octanol–water partition coefficient (Wildman–Crippen LogP) is -0.330. The van der Waals surface area contributed by atoms with E-state index in [-0.39, 0.29) is 5.91 Å². The van der Waals surface area contributed by atoms with Crippen molar-refractivity contribution in [2.24, 2.45) is 5.73 Å². The smallest absolute Gasteiger partial charge is 0.255 e. The molecule has 1 aliphatic heterocycles. The molecule has 0 unspecified atom stereocenters. The molecule has 1 saturated heterocycles. The van der Waals surface area contributed by atoms with E-state index in [1.54, 1.807) is 12.1 Å². The Morgan fingerprint density at radius 3 is 2.63 bits per heavy atom. The van der Waals surface area contributed by atoms with Gasteiger partial charge >= 0.3 is 0 Å². The van der Waals surface area contributed by atoms with E-state index in [1.807, 2.05) is 11.0 Å². The first-order valence-corrected chi connectivity index (χ1v) is 6.32. The molecular formula is C13H17N5O. The van der Waals surface area contributed by atoms with Crippen molar-refractivity contribution in [3.8, 4) is 6.07 Å². The summed E-state index contributed by atoms with van der Waals surface area (Å²) in [6.07, 6.45) is 1.47. The summed E-state index contributed by atoms with van der Waals surface area (Å²) >= 11 is 0. The molecule has 6 nitrogen and oxygen atoms in total. The molecule has 1 aromatic rings. The van der Waals surface area contributed by atoms with Crippen LogP contribution in [0.3, 0.4) is 0 Å². The molecule has 1 aromatic heterocycles. The first-order chi connectivity index (χ1) is 9.24. The van der Waals surface area contributed by atoms with Crippen LogP contribution in [0.5, 0.6) is 0 Å². The maximum absolute atomic E-state index is 12.2. The molecular weight excluding hydrogens is 242 g/mol. The molecule has 1 amide bonds. The molecule has 19 heavy (non-hydrogen) atoms. The lowest BCUT2D eigenvalue weighted by Crippen LogP contribution is -2.49. The number of hydrogen-bond donors (Lipinski definition) is 1. The third-order valence-electron chi connectivity index (χ3n) is 3.23. The molecule has 1 aliphatic rings. The van der Waals surface area contributed by atoms with Gasteiger partial charge in [0, 0.05) is 45.5 Å². The van der Waals surface area contributed by atoms with E-state index in [9.17, 15) is 4.79 Å². The Hall–Kier alpha value is -1.97. The number of piperazine rings is 1. The molecule has 2 heterocycles. The minimum atomic E-state index is -0.0237. The van der Waals surface area contributed by atoms with E-state index in [1.165, 1.54) is 6.20 Å². The highest BCUT2D eigenvalue weighted by molar-refractivity contribution is 5.94. The Balaban J connectivity index is 1.95. The molecule has 100 valence electrons. The van der Waals surface area contributed by atoms with Crippen LogP contribution < -0.4 is 5.73 Å². The summed E-state index contributed by atoms with van der Waals surface area (Å²) in [7, 11) is 0. The molecule has 0 spiro atoms. The average Bonchev–Trinajstić information content (AvgIpc) is 2.48. The number of hydrogen-bond acceptors (Lipinski definition) is 5. The fourth-order valence-electron chi connectivity index (χ4n) is 2.13. The van der Waals surface area contributed by atoms with Crippen LogP contribution in [0.4, 0.5) is 0 Å². The molecule has 0 bridgehead atoms. The van der Waals surface area contributed by atoms with Crippen LogP contribution >= 0.6 is 0 Å². The molecule has 0 aromatic carbocycles. The highest BCUT2D eigenvalue weighted by Gasteiger charge is 2.21. The summed E-state index contributed by atoms with van der Waals surface area (Å²) in [6, 6.07) is 5.16. The van der Waals surface area contributed by atoms with Crippen molar-refractivity contribution in [3.05, 3.63) is 29.6 Å². The molecule has 1 fully saturated rings. The first kappa shape index (κ1) is 13.5. The van der Waals surface area contributed by atoms with Crippen LogP contribution in [-0.2, 0) is 0 Å². The lowest BCUT2D eigenvalue weighted by molar-refractivity contribution is 0.0640. The van der Waals surface area contributed by atoms with E-state index < -0.39 is 0 Å². The lowest BCUT2D eigenvalue weighted by atomic mass is 10.2. The standard InChI is InChI=1S/C13H17N5O/c14-3-4-17-5-7-18(8-6-17)13(19)11-1-2-12(9-15)16-10-11/h1-2,10H,3-8,14H2. The number of nitriles is 1. The number of carbonyl (C=O) groups excluding carboxylic acids is 1. The Labute approximate surface area is 112 Å². The average molecular weight is 259 g/mol. The maximum atomic E-state index is 12.2. The SMILES string of the molecule is N#Cc1ccc(C(=O)N2CCN(CCN)CC2)cn1. The Kier molecular flexibility index (Phi) is 4.44. The van der Waals surface area contributed by atoms with Gasteiger partial charge in [0.05, 0.1) is 5.56 Å². The van der Waals surface area contributed by atoms with E-state index >= 15 is 0 Å². The van der Waals surface area contributed by atoms with Crippen molar-refractivity contribution in [2.75, 3.05) is 39.3 Å². The van der Waals surface area contributed by atoms with Crippen molar-refractivity contribution in [1.82, 2.24) is 14.8 Å². The predicted molar refractivity (Wildman–Crippen MR) is 70.3 cm³/mol. The van der Waals surface area contributed by atoms with Crippen LogP contribution in [0.1, 0.15) is 16.1 Å². The third kappa shape index (κ3) is 3.28. The van der Waals surface area contributed by atoms with Gasteiger partial charge in [0.2, 0.25) is 0 Å². The molecule has 0 atom stereocenters. The van der Waals surface area contributed by atoms with E-state index in [4.69, 9.17) is 11.0 Å². The van der Waals surface area contributed by atoms with Gasteiger partial charge in [0.15, 0.2) is 0 Å². The zero-order valence-electron chi connectivity index (χ0n) is 10.7. The number of rotatable bonds is 3. The van der Waals surface area contributed by atoms with Gasteiger partial charge in [-0.3, -0.25) is 9.69 Å². The Morgan fingerprint density at radius 2 is 2.11 bits per heavy atom. The molecule has 2 rings (SSSR count). The fraction of sp³-hybridized carbons (Fsp3) is 0.462. The second-order valence-electron chi connectivity index (χ2n) is 4.47. The van der Waals surface area contributed by atoms with Crippen molar-refractivity contribution in [3.63, 3.8) is 0 Å². The van der Waals surface area contributed by atoms with Crippen LogP contribution in [0.2, 0.25) is 0 Å². The van der Waals surface area contributed by atoms with Crippen molar-refractivity contribution in [1.29, 1.82) is 5.26 Å². The van der Waals surface area contributed by atoms with Gasteiger partial charge in [-0.2, -0.15) is 5.26 Å². The first-order valence-electron chi connectivity index (χ1n) is 6.32. The molecule has 0 aliphatic carbocycles. The molecule has 0 radical (unpaired) electrons. The number of pyridine rings is 1. The Morgan fingerprint density at radius 1 is 1.37 bits per heavy atom. The lowest BCUT2D eigenvalue weighted by Gasteiger charge is -2.34. The van der Waals surface area contributed by atoms with Gasteiger partial charge in [-0.1, -0.05) is 0 Å². The van der Waals surface area contributed by atoms with E-state index in [0.717, 1.165) is 19.6 Å². The van der Waals surface area contributed by atoms with Crippen molar-refractivity contribution in [2.45, 2.75) is 0 Å². The zero-order valence-corrected chi connectivity index (χ0v) is 10.7. The molecule has 0 saturated carbocycles. The van der Waals surface area contributed by atoms with Crippen LogP contribution in [0.25, 0.3) is 0 Å². The second-order valence-corrected chi connectivity index (χ2v) is 4.47. The second kappa shape index (κ2) is 6.27. The minimum Gasteiger partial charge on any atom is -0.336 e.